The summed E-state index contributed by atoms with van der Waals surface area (Å²) in [6, 6.07) is 6.67. The number of halogens is 9. The molecule has 17 nitrogen and oxygen atoms in total. The second kappa shape index (κ2) is 40.9. The molecule has 0 radical (unpaired) electrons. The molecule has 0 fully saturated rings. The highest BCUT2D eigenvalue weighted by atomic mass is 32.2. The minimum atomic E-state index is -5.78. The Hall–Kier alpha value is -3.20. The van der Waals surface area contributed by atoms with Gasteiger partial charge in [0, 0.05) is 39.9 Å². The fraction of sp³-hybridized carbons (Fsp3) is 0.761. The number of benzene rings is 1. The van der Waals surface area contributed by atoms with Crippen molar-refractivity contribution in [1.82, 2.24) is 13.9 Å². The third kappa shape index (κ3) is 32.3. The fourth-order valence-electron chi connectivity index (χ4n) is 6.29. The number of ether oxygens (including phenoxy) is 2. The van der Waals surface area contributed by atoms with Gasteiger partial charge in [0.15, 0.2) is 0 Å². The van der Waals surface area contributed by atoms with Crippen molar-refractivity contribution < 1.29 is 98.2 Å². The number of hydrogen-bond acceptors (Lipinski definition) is 16. The molecule has 1 aromatic carbocycles. The highest BCUT2D eigenvalue weighted by molar-refractivity contribution is 7.99. The molecule has 456 valence electrons. The average Bonchev–Trinajstić information content (AvgIpc) is 3.35. The number of rotatable bonds is 37. The summed E-state index contributed by atoms with van der Waals surface area (Å²) < 4.78 is 190. The van der Waals surface area contributed by atoms with Crippen molar-refractivity contribution in [3.8, 4) is 0 Å². The lowest BCUT2D eigenvalue weighted by atomic mass is 10.1. The van der Waals surface area contributed by atoms with E-state index < -0.39 is 87.4 Å². The quantitative estimate of drug-likeness (QED) is 0.0371. The first-order chi connectivity index (χ1) is 36.3. The van der Waals surface area contributed by atoms with Crippen LogP contribution in [0.4, 0.5) is 45.2 Å². The Morgan fingerprint density at radius 1 is 0.487 bits per heavy atom. The maximum absolute atomic E-state index is 13.0. The number of carbonyl (C=O) groups is 5. The highest BCUT2D eigenvalue weighted by Crippen LogP contribution is 2.32. The molecule has 0 atom stereocenters. The summed E-state index contributed by atoms with van der Waals surface area (Å²) in [5.41, 5.74) is -16.9. The molecule has 0 unspecified atom stereocenters. The number of para-hydroxylation sites is 1. The summed E-state index contributed by atoms with van der Waals surface area (Å²) in [5.74, 6) is -1.81. The molecule has 0 saturated heterocycles. The molecule has 0 saturated carbocycles. The normalized spacial score (nSPS) is 12.1. The summed E-state index contributed by atoms with van der Waals surface area (Å²) in [6.07, 6.45) is 19.6. The number of carbonyl (C=O) groups excluding carboxylic acids is 5. The molecular weight excluding hydrogens is 1180 g/mol. The zero-order chi connectivity index (χ0) is 60.1. The van der Waals surface area contributed by atoms with Crippen molar-refractivity contribution in [3.05, 3.63) is 30.3 Å². The summed E-state index contributed by atoms with van der Waals surface area (Å²) >= 11 is 5.04. The van der Waals surface area contributed by atoms with E-state index >= 15 is 0 Å². The average molecular weight is 1260 g/mol. The zero-order valence-corrected chi connectivity index (χ0v) is 49.4. The van der Waals surface area contributed by atoms with E-state index in [0.29, 0.717) is 39.1 Å². The molecule has 1 rings (SSSR count). The third-order valence-electron chi connectivity index (χ3n) is 10.6. The van der Waals surface area contributed by atoms with Gasteiger partial charge in [0.1, 0.15) is 6.61 Å². The first-order valence-corrected chi connectivity index (χ1v) is 33.1. The second-order valence-electron chi connectivity index (χ2n) is 16.8. The first kappa shape index (κ1) is 76.9. The van der Waals surface area contributed by atoms with E-state index in [1.165, 1.54) is 85.7 Å². The highest BCUT2D eigenvalue weighted by Gasteiger charge is 2.53. The number of nitrogens with one attached hydrogen (secondary N) is 1. The lowest BCUT2D eigenvalue weighted by Gasteiger charge is -2.23. The SMILES string of the molecule is CSCC(=O)NCCOCCOC(=O)CCC(=O)N(C)S(=O)(=O)C(F)(F)F.CSCCCCCCCCCCC(=O)N(C)S(=O)(=O)C(F)(F)F.CSCCCCCCCCCCC(=O)N(c1ccccc1)S(=O)(=O)C(F)(F)F. The van der Waals surface area contributed by atoms with Crippen LogP contribution in [0, 0.1) is 0 Å². The number of alkyl halides is 9. The van der Waals surface area contributed by atoms with E-state index in [1.807, 2.05) is 23.5 Å². The summed E-state index contributed by atoms with van der Waals surface area (Å²) in [5, 5.41) is 2.59. The molecule has 0 heterocycles. The van der Waals surface area contributed by atoms with Crippen LogP contribution in [0.1, 0.15) is 128 Å². The number of sulfonamides is 3. The molecule has 1 N–H and O–H groups in total. The number of esters is 1. The molecular formula is C46H75F9N4O13S6. The van der Waals surface area contributed by atoms with Crippen molar-refractivity contribution in [1.29, 1.82) is 0 Å². The van der Waals surface area contributed by atoms with Crippen LogP contribution in [-0.2, 0) is 63.5 Å². The van der Waals surface area contributed by atoms with Gasteiger partial charge in [-0.1, -0.05) is 95.2 Å². The van der Waals surface area contributed by atoms with Gasteiger partial charge < -0.3 is 14.8 Å². The molecule has 1 aromatic rings. The summed E-state index contributed by atoms with van der Waals surface area (Å²) in [4.78, 5) is 57.8. The van der Waals surface area contributed by atoms with Crippen LogP contribution < -0.4 is 9.62 Å². The van der Waals surface area contributed by atoms with E-state index in [-0.39, 0.29) is 59.4 Å². The summed E-state index contributed by atoms with van der Waals surface area (Å²) in [7, 11) is -16.0. The molecule has 0 aliphatic heterocycles. The van der Waals surface area contributed by atoms with Crippen LogP contribution in [0.2, 0.25) is 0 Å². The van der Waals surface area contributed by atoms with Crippen molar-refractivity contribution in [2.45, 2.75) is 145 Å². The predicted molar refractivity (Wildman–Crippen MR) is 287 cm³/mol. The minimum Gasteiger partial charge on any atom is -0.463 e. The number of unbranched alkanes of at least 4 members (excludes halogenated alkanes) is 14. The van der Waals surface area contributed by atoms with E-state index in [0.717, 1.165) is 51.4 Å². The van der Waals surface area contributed by atoms with Crippen LogP contribution >= 0.6 is 35.3 Å². The molecule has 32 heteroatoms. The van der Waals surface area contributed by atoms with Gasteiger partial charge in [-0.3, -0.25) is 24.0 Å². The largest absolute Gasteiger partial charge is 0.517 e. The maximum Gasteiger partial charge on any atom is 0.517 e. The molecule has 4 amide bonds. The Kier molecular flexibility index (Phi) is 40.3. The number of nitrogens with zero attached hydrogens (tertiary/aromatic N) is 3. The van der Waals surface area contributed by atoms with Gasteiger partial charge in [-0.05, 0) is 68.1 Å². The van der Waals surface area contributed by atoms with Gasteiger partial charge in [0.05, 0.1) is 31.1 Å². The Balaban J connectivity index is 0. The lowest BCUT2D eigenvalue weighted by Crippen LogP contribution is -2.44. The van der Waals surface area contributed by atoms with Gasteiger partial charge in [-0.15, -0.1) is 0 Å². The van der Waals surface area contributed by atoms with Gasteiger partial charge in [-0.2, -0.15) is 104 Å². The number of anilines is 1. The molecule has 0 aliphatic rings. The Morgan fingerprint density at radius 2 is 0.872 bits per heavy atom. The lowest BCUT2D eigenvalue weighted by molar-refractivity contribution is -0.146. The van der Waals surface area contributed by atoms with Crippen molar-refractivity contribution >= 4 is 101 Å². The zero-order valence-electron chi connectivity index (χ0n) is 44.5. The van der Waals surface area contributed by atoms with E-state index in [4.69, 9.17) is 9.47 Å². The summed E-state index contributed by atoms with van der Waals surface area (Å²) in [6.45, 7) is 0.320. The van der Waals surface area contributed by atoms with Crippen LogP contribution in [0.25, 0.3) is 0 Å². The van der Waals surface area contributed by atoms with Gasteiger partial charge in [-0.25, -0.2) is 8.61 Å². The monoisotopic (exact) mass is 1250 g/mol. The standard InChI is InChI=1S/C19H28F3NO3S2.C14H26F3NO3S2.C13H21F3N2O7S2/c1-27-16-12-7-5-3-2-4-6-11-15-18(24)23(17-13-9-8-10-14-17)28(25,26)19(20,21)22;1-18(23(20,21)14(15,16)17)13(19)11-9-7-5-3-4-6-8-10-12-22-2;1-18(27(22,23)13(14,15)16)11(20)3-4-12(21)25-8-7-24-6-5-17-10(19)9-26-2/h8-10,13-14H,2-7,11-12,15-16H2,1H3;3-12H2,1-2H3;3-9H2,1-2H3,(H,17,19). The van der Waals surface area contributed by atoms with Gasteiger partial charge in [0.25, 0.3) is 0 Å². The Morgan fingerprint density at radius 3 is 1.27 bits per heavy atom. The van der Waals surface area contributed by atoms with Gasteiger partial charge in [0.2, 0.25) is 23.6 Å². The maximum atomic E-state index is 13.0. The molecule has 0 aliphatic carbocycles. The number of amides is 4. The number of hydrogen-bond donors (Lipinski definition) is 1. The molecule has 78 heavy (non-hydrogen) atoms. The van der Waals surface area contributed by atoms with E-state index in [2.05, 4.69) is 17.8 Å². The van der Waals surface area contributed by atoms with Crippen LogP contribution in [0.15, 0.2) is 30.3 Å². The van der Waals surface area contributed by atoms with Crippen LogP contribution in [-0.4, -0.2) is 156 Å². The second-order valence-corrected chi connectivity index (χ2v) is 25.4. The smallest absolute Gasteiger partial charge is 0.463 e. The van der Waals surface area contributed by atoms with Crippen LogP contribution in [0.5, 0.6) is 0 Å². The number of thioether (sulfide) groups is 3. The minimum absolute atomic E-state index is 0.0143. The Bertz CT molecular complexity index is 2210. The van der Waals surface area contributed by atoms with Crippen molar-refractivity contribution in [3.63, 3.8) is 0 Å². The van der Waals surface area contributed by atoms with E-state index in [1.54, 1.807) is 6.26 Å². The van der Waals surface area contributed by atoms with Crippen molar-refractivity contribution in [2.75, 3.05) is 80.8 Å². The third-order valence-corrected chi connectivity index (χ3v) is 17.1. The predicted octanol–water partition coefficient (Wildman–Crippen LogP) is 10.0. The molecule has 0 bridgehead atoms. The Labute approximate surface area is 466 Å². The first-order valence-electron chi connectivity index (χ1n) is 24.6. The molecule has 0 spiro atoms. The van der Waals surface area contributed by atoms with Crippen molar-refractivity contribution in [2.24, 2.45) is 0 Å². The molecule has 0 aromatic heterocycles. The van der Waals surface area contributed by atoms with Gasteiger partial charge >= 0.3 is 52.6 Å². The van der Waals surface area contributed by atoms with E-state index in [9.17, 15) is 88.7 Å². The topological polar surface area (TPSA) is 228 Å². The fourth-order valence-corrected chi connectivity index (χ4v) is 9.94. The van der Waals surface area contributed by atoms with Crippen LogP contribution in [0.3, 0.4) is 0 Å².